The van der Waals surface area contributed by atoms with Gasteiger partial charge in [0.05, 0.1) is 0 Å². The van der Waals surface area contributed by atoms with Crippen molar-refractivity contribution >= 4 is 27.4 Å². The lowest BCUT2D eigenvalue weighted by Crippen LogP contribution is -2.23. The molecule has 1 atom stereocenters. The van der Waals surface area contributed by atoms with Crippen molar-refractivity contribution in [3.05, 3.63) is 35.2 Å². The molecule has 0 aliphatic carbocycles. The molecule has 3 N–H and O–H groups in total. The fourth-order valence-corrected chi connectivity index (χ4v) is 2.86. The normalized spacial score (nSPS) is 12.8. The van der Waals surface area contributed by atoms with Gasteiger partial charge in [0.25, 0.3) is 0 Å². The molecule has 17 heavy (non-hydrogen) atoms. The van der Waals surface area contributed by atoms with Gasteiger partial charge in [0.2, 0.25) is 0 Å². The van der Waals surface area contributed by atoms with Crippen LogP contribution in [0.2, 0.25) is 0 Å². The Kier molecular flexibility index (Phi) is 3.76. The van der Waals surface area contributed by atoms with Crippen LogP contribution in [0.15, 0.2) is 29.6 Å². The highest BCUT2D eigenvalue weighted by atomic mass is 32.1. The molecule has 0 spiro atoms. The molecule has 2 rings (SSSR count). The van der Waals surface area contributed by atoms with E-state index in [2.05, 4.69) is 17.5 Å². The van der Waals surface area contributed by atoms with Gasteiger partial charge in [0.15, 0.2) is 0 Å². The highest BCUT2D eigenvalue weighted by Crippen LogP contribution is 2.26. The van der Waals surface area contributed by atoms with Gasteiger partial charge in [-0.05, 0) is 35.2 Å². The van der Waals surface area contributed by atoms with E-state index in [9.17, 15) is 4.79 Å². The maximum atomic E-state index is 10.5. The molecule has 2 aromatic rings. The molecule has 0 amide bonds. The van der Waals surface area contributed by atoms with Crippen molar-refractivity contribution in [2.24, 2.45) is 5.73 Å². The summed E-state index contributed by atoms with van der Waals surface area (Å²) in [7, 11) is 0. The largest absolute Gasteiger partial charge is 0.481 e. The molecule has 0 saturated carbocycles. The Morgan fingerprint density at radius 3 is 2.94 bits per heavy atom. The minimum Gasteiger partial charge on any atom is -0.481 e. The predicted octanol–water partition coefficient (Wildman–Crippen LogP) is 2.64. The lowest BCUT2D eigenvalue weighted by Gasteiger charge is -2.09. The van der Waals surface area contributed by atoms with Crippen molar-refractivity contribution in [3.8, 4) is 0 Å². The molecule has 3 nitrogen and oxygen atoms in total. The summed E-state index contributed by atoms with van der Waals surface area (Å²) in [5.41, 5.74) is 7.17. The molecular formula is C13H15NO2S. The summed E-state index contributed by atoms with van der Waals surface area (Å²) in [5.74, 6) is -0.782. The van der Waals surface area contributed by atoms with Gasteiger partial charge in [0.1, 0.15) is 0 Å². The molecule has 1 heterocycles. The molecule has 1 unspecified atom stereocenters. The van der Waals surface area contributed by atoms with E-state index in [0.717, 1.165) is 6.42 Å². The van der Waals surface area contributed by atoms with Gasteiger partial charge >= 0.3 is 5.97 Å². The number of rotatable bonds is 5. The van der Waals surface area contributed by atoms with E-state index >= 15 is 0 Å². The van der Waals surface area contributed by atoms with E-state index in [1.807, 2.05) is 12.1 Å². The SMILES string of the molecule is NC(CCC(=O)O)Cc1csc2ccccc12. The minimum atomic E-state index is -0.782. The first kappa shape index (κ1) is 12.1. The van der Waals surface area contributed by atoms with Crippen LogP contribution in [0.1, 0.15) is 18.4 Å². The number of nitrogens with two attached hydrogens (primary N) is 1. The quantitative estimate of drug-likeness (QED) is 0.856. The minimum absolute atomic E-state index is 0.0795. The van der Waals surface area contributed by atoms with Crippen LogP contribution in [0.5, 0.6) is 0 Å². The van der Waals surface area contributed by atoms with E-state index < -0.39 is 5.97 Å². The van der Waals surface area contributed by atoms with Gasteiger partial charge in [-0.15, -0.1) is 11.3 Å². The Labute approximate surface area is 104 Å². The first-order valence-electron chi connectivity index (χ1n) is 5.59. The third-order valence-electron chi connectivity index (χ3n) is 2.77. The standard InChI is InChI=1S/C13H15NO2S/c14-10(5-6-13(15)16)7-9-8-17-12-4-2-1-3-11(9)12/h1-4,8,10H,5-7,14H2,(H,15,16). The zero-order chi connectivity index (χ0) is 12.3. The van der Waals surface area contributed by atoms with Crippen molar-refractivity contribution < 1.29 is 9.90 Å². The molecule has 0 radical (unpaired) electrons. The first-order chi connectivity index (χ1) is 8.16. The lowest BCUT2D eigenvalue weighted by molar-refractivity contribution is -0.137. The molecule has 1 aromatic carbocycles. The van der Waals surface area contributed by atoms with Crippen LogP contribution in [-0.4, -0.2) is 17.1 Å². The third-order valence-corrected chi connectivity index (χ3v) is 3.78. The molecule has 0 fully saturated rings. The van der Waals surface area contributed by atoms with Gasteiger partial charge in [-0.25, -0.2) is 0 Å². The van der Waals surface area contributed by atoms with Crippen LogP contribution in [0.3, 0.4) is 0 Å². The number of carboxylic acids is 1. The number of carboxylic acid groups (broad SMARTS) is 1. The molecule has 0 aliphatic rings. The molecular weight excluding hydrogens is 234 g/mol. The summed E-state index contributed by atoms with van der Waals surface area (Å²) in [6, 6.07) is 8.13. The predicted molar refractivity (Wildman–Crippen MR) is 70.4 cm³/mol. The fraction of sp³-hybridized carbons (Fsp3) is 0.308. The fourth-order valence-electron chi connectivity index (χ4n) is 1.88. The molecule has 0 aliphatic heterocycles. The highest BCUT2D eigenvalue weighted by Gasteiger charge is 2.10. The van der Waals surface area contributed by atoms with E-state index in [-0.39, 0.29) is 12.5 Å². The van der Waals surface area contributed by atoms with Crippen LogP contribution < -0.4 is 5.73 Å². The average Bonchev–Trinajstić information content (AvgIpc) is 2.70. The van der Waals surface area contributed by atoms with Crippen LogP contribution >= 0.6 is 11.3 Å². The third kappa shape index (κ3) is 3.05. The van der Waals surface area contributed by atoms with Crippen molar-refractivity contribution in [2.75, 3.05) is 0 Å². The molecule has 0 bridgehead atoms. The lowest BCUT2D eigenvalue weighted by atomic mass is 10.0. The molecule has 0 saturated heterocycles. The second-order valence-corrected chi connectivity index (χ2v) is 5.06. The van der Waals surface area contributed by atoms with Gasteiger partial charge < -0.3 is 10.8 Å². The van der Waals surface area contributed by atoms with Gasteiger partial charge in [-0.1, -0.05) is 18.2 Å². The molecule has 1 aromatic heterocycles. The number of hydrogen-bond acceptors (Lipinski definition) is 3. The number of fused-ring (bicyclic) bond motifs is 1. The smallest absolute Gasteiger partial charge is 0.303 e. The van der Waals surface area contributed by atoms with Crippen LogP contribution in [0.25, 0.3) is 10.1 Å². The summed E-state index contributed by atoms with van der Waals surface area (Å²) in [5, 5.41) is 12.0. The zero-order valence-corrected chi connectivity index (χ0v) is 10.2. The topological polar surface area (TPSA) is 63.3 Å². The Balaban J connectivity index is 2.05. The number of benzene rings is 1. The maximum Gasteiger partial charge on any atom is 0.303 e. The van der Waals surface area contributed by atoms with Gasteiger partial charge in [-0.3, -0.25) is 4.79 Å². The summed E-state index contributed by atoms with van der Waals surface area (Å²) < 4.78 is 1.26. The monoisotopic (exact) mass is 249 g/mol. The first-order valence-corrected chi connectivity index (χ1v) is 6.47. The zero-order valence-electron chi connectivity index (χ0n) is 9.43. The van der Waals surface area contributed by atoms with Crippen molar-refractivity contribution in [1.29, 1.82) is 0 Å². The van der Waals surface area contributed by atoms with Crippen molar-refractivity contribution in [1.82, 2.24) is 0 Å². The van der Waals surface area contributed by atoms with Gasteiger partial charge in [-0.2, -0.15) is 0 Å². The van der Waals surface area contributed by atoms with E-state index in [0.29, 0.717) is 6.42 Å². The Morgan fingerprint density at radius 1 is 1.41 bits per heavy atom. The summed E-state index contributed by atoms with van der Waals surface area (Å²) in [6.45, 7) is 0. The summed E-state index contributed by atoms with van der Waals surface area (Å²) in [6.07, 6.45) is 1.42. The number of aliphatic carboxylic acids is 1. The van der Waals surface area contributed by atoms with E-state index in [4.69, 9.17) is 10.8 Å². The number of thiophene rings is 1. The summed E-state index contributed by atoms with van der Waals surface area (Å²) in [4.78, 5) is 10.5. The van der Waals surface area contributed by atoms with Crippen molar-refractivity contribution in [2.45, 2.75) is 25.3 Å². The number of carbonyl (C=O) groups is 1. The van der Waals surface area contributed by atoms with E-state index in [1.54, 1.807) is 11.3 Å². The average molecular weight is 249 g/mol. The summed E-state index contributed by atoms with van der Waals surface area (Å²) >= 11 is 1.71. The van der Waals surface area contributed by atoms with Crippen LogP contribution in [-0.2, 0) is 11.2 Å². The maximum absolute atomic E-state index is 10.5. The van der Waals surface area contributed by atoms with Crippen LogP contribution in [0.4, 0.5) is 0 Å². The Morgan fingerprint density at radius 2 is 2.18 bits per heavy atom. The molecule has 90 valence electrons. The number of hydrogen-bond donors (Lipinski definition) is 2. The van der Waals surface area contributed by atoms with Crippen LogP contribution in [0, 0.1) is 0 Å². The second-order valence-electron chi connectivity index (χ2n) is 4.15. The Bertz CT molecular complexity index is 521. The Hall–Kier alpha value is -1.39. The highest BCUT2D eigenvalue weighted by molar-refractivity contribution is 7.17. The van der Waals surface area contributed by atoms with E-state index in [1.165, 1.54) is 15.6 Å². The molecule has 4 heteroatoms. The second kappa shape index (κ2) is 5.29. The van der Waals surface area contributed by atoms with Crippen molar-refractivity contribution in [3.63, 3.8) is 0 Å². The van der Waals surface area contributed by atoms with Gasteiger partial charge in [0, 0.05) is 17.2 Å².